The molecule has 6 rings (SSSR count). The summed E-state index contributed by atoms with van der Waals surface area (Å²) in [6.07, 6.45) is 5.45. The van der Waals surface area contributed by atoms with Crippen molar-refractivity contribution in [3.8, 4) is 23.0 Å². The summed E-state index contributed by atoms with van der Waals surface area (Å²) in [5.41, 5.74) is 5.66. The van der Waals surface area contributed by atoms with Crippen LogP contribution in [0.2, 0.25) is 0 Å². The lowest BCUT2D eigenvalue weighted by Crippen LogP contribution is -1.94. The number of rotatable bonds is 5. The molecule has 0 bridgehead atoms. The molecule has 0 spiro atoms. The number of nitrogens with zero attached hydrogens (tertiary/aromatic N) is 4. The van der Waals surface area contributed by atoms with E-state index >= 15 is 0 Å². The fourth-order valence-corrected chi connectivity index (χ4v) is 3.69. The molecule has 0 aliphatic carbocycles. The largest absolute Gasteiger partial charge is 0.489 e. The first-order valence-corrected chi connectivity index (χ1v) is 9.97. The predicted molar refractivity (Wildman–Crippen MR) is 119 cm³/mol. The Balaban J connectivity index is 1.35. The molecule has 3 heterocycles. The molecule has 6 aromatic rings. The van der Waals surface area contributed by atoms with E-state index in [2.05, 4.69) is 26.2 Å². The van der Waals surface area contributed by atoms with Crippen LogP contribution in [0.4, 0.5) is 0 Å². The molecule has 0 aliphatic heterocycles. The van der Waals surface area contributed by atoms with Crippen LogP contribution in [-0.2, 0) is 6.61 Å². The van der Waals surface area contributed by atoms with Crippen molar-refractivity contribution in [3.05, 3.63) is 91.0 Å². The Morgan fingerprint density at radius 3 is 2.74 bits per heavy atom. The zero-order valence-electron chi connectivity index (χ0n) is 16.5. The second-order valence-electron chi connectivity index (χ2n) is 7.31. The van der Waals surface area contributed by atoms with Crippen molar-refractivity contribution >= 4 is 21.9 Å². The van der Waals surface area contributed by atoms with E-state index in [1.54, 1.807) is 12.5 Å². The van der Waals surface area contributed by atoms with Crippen LogP contribution in [0.15, 0.2) is 85.5 Å². The van der Waals surface area contributed by atoms with Gasteiger partial charge in [0.25, 0.3) is 0 Å². The lowest BCUT2D eigenvalue weighted by Gasteiger charge is -2.06. The molecule has 0 aliphatic rings. The first kappa shape index (κ1) is 17.5. The lowest BCUT2D eigenvalue weighted by atomic mass is 10.2. The van der Waals surface area contributed by atoms with E-state index in [0.29, 0.717) is 12.4 Å². The highest BCUT2D eigenvalue weighted by molar-refractivity contribution is 5.94. The van der Waals surface area contributed by atoms with E-state index in [0.717, 1.165) is 44.6 Å². The number of nitrogens with one attached hydrogen (secondary N) is 2. The summed E-state index contributed by atoms with van der Waals surface area (Å²) in [7, 11) is 0. The third-order valence-electron chi connectivity index (χ3n) is 5.27. The third kappa shape index (κ3) is 3.22. The molecule has 3 aromatic heterocycles. The molecule has 0 amide bonds. The van der Waals surface area contributed by atoms with Gasteiger partial charge >= 0.3 is 0 Å². The van der Waals surface area contributed by atoms with Gasteiger partial charge in [0, 0.05) is 23.5 Å². The van der Waals surface area contributed by atoms with E-state index in [1.165, 1.54) is 0 Å². The Labute approximate surface area is 177 Å². The summed E-state index contributed by atoms with van der Waals surface area (Å²) >= 11 is 0. The summed E-state index contributed by atoms with van der Waals surface area (Å²) in [5, 5.41) is 8.55. The number of fused-ring (bicyclic) bond motifs is 2. The molecule has 2 N–H and O–H groups in total. The van der Waals surface area contributed by atoms with Crippen molar-refractivity contribution in [2.45, 2.75) is 6.61 Å². The van der Waals surface area contributed by atoms with Gasteiger partial charge in [-0.2, -0.15) is 5.10 Å². The number of ether oxygens (including phenoxy) is 1. The number of H-pyrrole nitrogens is 2. The monoisotopic (exact) mass is 406 g/mol. The van der Waals surface area contributed by atoms with Gasteiger partial charge in [-0.05, 0) is 42.0 Å². The van der Waals surface area contributed by atoms with Crippen LogP contribution in [0.5, 0.6) is 5.75 Å². The molecule has 0 saturated carbocycles. The van der Waals surface area contributed by atoms with Gasteiger partial charge in [-0.1, -0.05) is 30.3 Å². The van der Waals surface area contributed by atoms with Crippen molar-refractivity contribution in [1.82, 2.24) is 29.7 Å². The number of hydrogen-bond acceptors (Lipinski definition) is 4. The van der Waals surface area contributed by atoms with E-state index in [-0.39, 0.29) is 0 Å². The fourth-order valence-electron chi connectivity index (χ4n) is 3.69. The Morgan fingerprint density at radius 1 is 0.935 bits per heavy atom. The molecule has 150 valence electrons. The summed E-state index contributed by atoms with van der Waals surface area (Å²) < 4.78 is 7.95. The topological polar surface area (TPSA) is 84.4 Å². The van der Waals surface area contributed by atoms with Gasteiger partial charge in [-0.25, -0.2) is 9.97 Å². The summed E-state index contributed by atoms with van der Waals surface area (Å²) in [6.45, 7) is 0.515. The minimum Gasteiger partial charge on any atom is -0.489 e. The minimum absolute atomic E-state index is 0.515. The SMILES string of the molecule is c1ccc(COc2ccc3[nH]nc(-c4nc5ccc(-n6ccnc6)cc5[nH]4)c3c2)cc1. The zero-order chi connectivity index (χ0) is 20.6. The molecule has 0 radical (unpaired) electrons. The van der Waals surface area contributed by atoms with Gasteiger partial charge in [0.05, 0.1) is 22.9 Å². The summed E-state index contributed by atoms with van der Waals surface area (Å²) in [4.78, 5) is 12.3. The maximum Gasteiger partial charge on any atom is 0.159 e. The molecule has 0 unspecified atom stereocenters. The highest BCUT2D eigenvalue weighted by Crippen LogP contribution is 2.30. The van der Waals surface area contributed by atoms with E-state index < -0.39 is 0 Å². The maximum absolute atomic E-state index is 6.00. The van der Waals surface area contributed by atoms with Crippen LogP contribution in [0.1, 0.15) is 5.56 Å². The second kappa shape index (κ2) is 7.14. The number of aromatic nitrogens is 6. The Hall–Kier alpha value is -4.39. The lowest BCUT2D eigenvalue weighted by molar-refractivity contribution is 0.306. The first-order chi connectivity index (χ1) is 15.3. The average Bonchev–Trinajstić information content (AvgIpc) is 3.56. The van der Waals surface area contributed by atoms with Crippen LogP contribution >= 0.6 is 0 Å². The van der Waals surface area contributed by atoms with E-state index in [9.17, 15) is 0 Å². The van der Waals surface area contributed by atoms with Gasteiger partial charge in [-0.15, -0.1) is 0 Å². The number of benzene rings is 3. The van der Waals surface area contributed by atoms with Crippen LogP contribution in [0.3, 0.4) is 0 Å². The van der Waals surface area contributed by atoms with Crippen molar-refractivity contribution < 1.29 is 4.74 Å². The second-order valence-corrected chi connectivity index (χ2v) is 7.31. The van der Waals surface area contributed by atoms with Crippen LogP contribution in [0.25, 0.3) is 39.1 Å². The van der Waals surface area contributed by atoms with Crippen molar-refractivity contribution in [1.29, 1.82) is 0 Å². The zero-order valence-corrected chi connectivity index (χ0v) is 16.5. The number of imidazole rings is 2. The summed E-state index contributed by atoms with van der Waals surface area (Å²) in [5.74, 6) is 1.50. The Kier molecular flexibility index (Phi) is 4.02. The van der Waals surface area contributed by atoms with Crippen LogP contribution in [-0.4, -0.2) is 29.7 Å². The minimum atomic E-state index is 0.515. The molecule has 7 nitrogen and oxygen atoms in total. The third-order valence-corrected chi connectivity index (χ3v) is 5.27. The van der Waals surface area contributed by atoms with Gasteiger partial charge in [0.2, 0.25) is 0 Å². The van der Waals surface area contributed by atoms with Crippen molar-refractivity contribution in [2.75, 3.05) is 0 Å². The Morgan fingerprint density at radius 2 is 1.87 bits per heavy atom. The highest BCUT2D eigenvalue weighted by Gasteiger charge is 2.14. The highest BCUT2D eigenvalue weighted by atomic mass is 16.5. The summed E-state index contributed by atoms with van der Waals surface area (Å²) in [6, 6.07) is 22.1. The molecule has 3 aromatic carbocycles. The molecule has 0 saturated heterocycles. The molecular formula is C24H18N6O. The number of aromatic amines is 2. The first-order valence-electron chi connectivity index (χ1n) is 9.97. The molecule has 7 heteroatoms. The van der Waals surface area contributed by atoms with Gasteiger partial charge in [-0.3, -0.25) is 5.10 Å². The van der Waals surface area contributed by atoms with Crippen LogP contribution in [0, 0.1) is 0 Å². The molecular weight excluding hydrogens is 388 g/mol. The van der Waals surface area contributed by atoms with Gasteiger partial charge in [0.1, 0.15) is 18.1 Å². The molecule has 0 fully saturated rings. The fraction of sp³-hybridized carbons (Fsp3) is 0.0417. The maximum atomic E-state index is 6.00. The van der Waals surface area contributed by atoms with Crippen molar-refractivity contribution in [3.63, 3.8) is 0 Å². The Bertz CT molecular complexity index is 1480. The predicted octanol–water partition coefficient (Wildman–Crippen LogP) is 4.87. The molecule has 0 atom stereocenters. The van der Waals surface area contributed by atoms with Crippen molar-refractivity contribution in [2.24, 2.45) is 0 Å². The smallest absolute Gasteiger partial charge is 0.159 e. The van der Waals surface area contributed by atoms with Crippen LogP contribution < -0.4 is 4.74 Å². The number of hydrogen-bond donors (Lipinski definition) is 2. The van der Waals surface area contributed by atoms with Gasteiger partial charge in [0.15, 0.2) is 5.82 Å². The van der Waals surface area contributed by atoms with E-state index in [4.69, 9.17) is 9.72 Å². The normalized spacial score (nSPS) is 11.4. The quantitative estimate of drug-likeness (QED) is 0.428. The standard InChI is InChI=1S/C24H18N6O/c1-2-4-16(5-3-1)14-31-18-7-9-20-19(13-18)23(29-28-20)24-26-21-8-6-17(12-22(21)27-24)30-11-10-25-15-30/h1-13,15H,14H2,(H,26,27)(H,28,29). The average molecular weight is 406 g/mol. The molecule has 31 heavy (non-hydrogen) atoms. The van der Waals surface area contributed by atoms with Gasteiger partial charge < -0.3 is 14.3 Å². The van der Waals surface area contributed by atoms with E-state index in [1.807, 2.05) is 71.4 Å².